The average Bonchev–Trinajstić information content (AvgIpc) is 2.77. The summed E-state index contributed by atoms with van der Waals surface area (Å²) < 4.78 is 0.927. The SMILES string of the molecule is CC(=Nn1cc(C(C)C)nn1)c1cncc(Br)c1.N. The third-order valence-electron chi connectivity index (χ3n) is 2.47. The smallest absolute Gasteiger partial charge is 0.0875 e. The highest BCUT2D eigenvalue weighted by Gasteiger charge is 2.05. The Morgan fingerprint density at radius 1 is 1.37 bits per heavy atom. The highest BCUT2D eigenvalue weighted by atomic mass is 79.9. The lowest BCUT2D eigenvalue weighted by Crippen LogP contribution is -2.01. The van der Waals surface area contributed by atoms with E-state index < -0.39 is 0 Å². The number of hydrogen-bond acceptors (Lipinski definition) is 5. The van der Waals surface area contributed by atoms with Gasteiger partial charge in [-0.2, -0.15) is 5.10 Å². The van der Waals surface area contributed by atoms with Crippen LogP contribution in [0.3, 0.4) is 0 Å². The van der Waals surface area contributed by atoms with Crippen LogP contribution < -0.4 is 6.15 Å². The van der Waals surface area contributed by atoms with Gasteiger partial charge in [0.25, 0.3) is 0 Å². The van der Waals surface area contributed by atoms with Crippen molar-refractivity contribution in [2.24, 2.45) is 5.10 Å². The van der Waals surface area contributed by atoms with Crippen LogP contribution in [0.25, 0.3) is 0 Å². The normalized spacial score (nSPS) is 11.5. The van der Waals surface area contributed by atoms with E-state index in [1.807, 2.05) is 19.2 Å². The summed E-state index contributed by atoms with van der Waals surface area (Å²) >= 11 is 3.39. The molecule has 3 N–H and O–H groups in total. The molecule has 0 unspecified atom stereocenters. The van der Waals surface area contributed by atoms with E-state index in [0.717, 1.165) is 21.4 Å². The van der Waals surface area contributed by atoms with Gasteiger partial charge in [0.1, 0.15) is 0 Å². The molecule has 7 heteroatoms. The average molecular weight is 325 g/mol. The molecule has 0 amide bonds. The van der Waals surface area contributed by atoms with Crippen LogP contribution in [-0.4, -0.2) is 25.8 Å². The van der Waals surface area contributed by atoms with Gasteiger partial charge in [0.05, 0.1) is 17.6 Å². The van der Waals surface area contributed by atoms with E-state index in [4.69, 9.17) is 0 Å². The van der Waals surface area contributed by atoms with Crippen molar-refractivity contribution in [1.29, 1.82) is 0 Å². The maximum Gasteiger partial charge on any atom is 0.0875 e. The molecule has 0 aliphatic carbocycles. The zero-order chi connectivity index (χ0) is 13.1. The van der Waals surface area contributed by atoms with Crippen molar-refractivity contribution in [2.75, 3.05) is 0 Å². The molecule has 6 nitrogen and oxygen atoms in total. The van der Waals surface area contributed by atoms with Crippen LogP contribution in [0, 0.1) is 0 Å². The van der Waals surface area contributed by atoms with E-state index in [9.17, 15) is 0 Å². The predicted molar refractivity (Wildman–Crippen MR) is 78.7 cm³/mol. The minimum absolute atomic E-state index is 0. The Balaban J connectivity index is 0.00000180. The molecule has 0 spiro atoms. The Morgan fingerprint density at radius 3 is 2.68 bits per heavy atom. The van der Waals surface area contributed by atoms with Gasteiger partial charge in [-0.05, 0) is 40.1 Å². The molecular weight excluding hydrogens is 308 g/mol. The van der Waals surface area contributed by atoms with Crippen LogP contribution in [0.1, 0.15) is 37.9 Å². The molecule has 2 aromatic heterocycles. The second kappa shape index (κ2) is 6.53. The van der Waals surface area contributed by atoms with Crippen LogP contribution in [0.5, 0.6) is 0 Å². The summed E-state index contributed by atoms with van der Waals surface area (Å²) in [5.74, 6) is 0.349. The van der Waals surface area contributed by atoms with Crippen LogP contribution in [0.15, 0.2) is 34.2 Å². The molecule has 0 aliphatic heterocycles. The molecule has 102 valence electrons. The summed E-state index contributed by atoms with van der Waals surface area (Å²) in [4.78, 5) is 5.60. The zero-order valence-corrected chi connectivity index (χ0v) is 12.8. The fourth-order valence-electron chi connectivity index (χ4n) is 1.40. The van der Waals surface area contributed by atoms with Crippen LogP contribution in [-0.2, 0) is 0 Å². The summed E-state index contributed by atoms with van der Waals surface area (Å²) in [6, 6.07) is 1.96. The van der Waals surface area contributed by atoms with E-state index >= 15 is 0 Å². The maximum absolute atomic E-state index is 4.37. The molecule has 0 atom stereocenters. The van der Waals surface area contributed by atoms with Gasteiger partial charge in [0.2, 0.25) is 0 Å². The lowest BCUT2D eigenvalue weighted by molar-refractivity contribution is 0.690. The van der Waals surface area contributed by atoms with Crippen molar-refractivity contribution in [3.05, 3.63) is 40.4 Å². The lowest BCUT2D eigenvalue weighted by atomic mass is 10.2. The molecule has 2 aromatic rings. The number of rotatable bonds is 3. The van der Waals surface area contributed by atoms with Gasteiger partial charge in [-0.3, -0.25) is 4.98 Å². The molecule has 0 aromatic carbocycles. The van der Waals surface area contributed by atoms with Gasteiger partial charge < -0.3 is 6.15 Å². The zero-order valence-electron chi connectivity index (χ0n) is 11.2. The summed E-state index contributed by atoms with van der Waals surface area (Å²) in [6.07, 6.45) is 5.34. The maximum atomic E-state index is 4.37. The van der Waals surface area contributed by atoms with E-state index in [1.54, 1.807) is 12.4 Å². The molecule has 0 aliphatic rings. The third-order valence-corrected chi connectivity index (χ3v) is 2.90. The van der Waals surface area contributed by atoms with Crippen LogP contribution in [0.4, 0.5) is 0 Å². The van der Waals surface area contributed by atoms with Gasteiger partial charge >= 0.3 is 0 Å². The van der Waals surface area contributed by atoms with Gasteiger partial charge in [-0.15, -0.1) is 9.89 Å². The number of aromatic nitrogens is 4. The van der Waals surface area contributed by atoms with Gasteiger partial charge in [0.15, 0.2) is 0 Å². The minimum Gasteiger partial charge on any atom is -0.344 e. The molecule has 0 radical (unpaired) electrons. The number of pyridine rings is 1. The van der Waals surface area contributed by atoms with Gasteiger partial charge in [0, 0.05) is 22.4 Å². The van der Waals surface area contributed by atoms with Gasteiger partial charge in [-0.1, -0.05) is 13.8 Å². The quantitative estimate of drug-likeness (QED) is 0.878. The second-order valence-corrected chi connectivity index (χ2v) is 5.21. The standard InChI is InChI=1S/C12H14BrN5.H3N/c1-8(2)12-7-18(17-15-12)16-9(3)10-4-11(13)6-14-5-10;/h4-8H,1-3H3;1H3. The number of nitrogens with zero attached hydrogens (tertiary/aromatic N) is 5. The van der Waals surface area contributed by atoms with Crippen molar-refractivity contribution in [2.45, 2.75) is 26.7 Å². The number of halogens is 1. The fourth-order valence-corrected chi connectivity index (χ4v) is 1.77. The van der Waals surface area contributed by atoms with Crippen molar-refractivity contribution in [1.82, 2.24) is 26.2 Å². The first-order valence-electron chi connectivity index (χ1n) is 5.65. The molecule has 2 heterocycles. The highest BCUT2D eigenvalue weighted by Crippen LogP contribution is 2.12. The highest BCUT2D eigenvalue weighted by molar-refractivity contribution is 9.10. The fraction of sp³-hybridized carbons (Fsp3) is 0.333. The molecule has 0 bridgehead atoms. The topological polar surface area (TPSA) is 91.0 Å². The first kappa shape index (κ1) is 15.5. The van der Waals surface area contributed by atoms with E-state index in [2.05, 4.69) is 50.2 Å². The molecule has 0 fully saturated rings. The van der Waals surface area contributed by atoms with E-state index in [0.29, 0.717) is 5.92 Å². The van der Waals surface area contributed by atoms with Crippen molar-refractivity contribution >= 4 is 21.6 Å². The molecule has 0 saturated heterocycles. The molecular formula is C12H17BrN6. The van der Waals surface area contributed by atoms with Gasteiger partial charge in [-0.25, -0.2) is 0 Å². The van der Waals surface area contributed by atoms with Crippen molar-refractivity contribution < 1.29 is 0 Å². The summed E-state index contributed by atoms with van der Waals surface area (Å²) in [7, 11) is 0. The second-order valence-electron chi connectivity index (χ2n) is 4.30. The third kappa shape index (κ3) is 3.93. The molecule has 2 rings (SSSR count). The number of hydrogen-bond donors (Lipinski definition) is 1. The summed E-state index contributed by atoms with van der Waals surface area (Å²) in [5, 5.41) is 12.4. The summed E-state index contributed by atoms with van der Waals surface area (Å²) in [5.41, 5.74) is 2.72. The summed E-state index contributed by atoms with van der Waals surface area (Å²) in [6.45, 7) is 6.06. The van der Waals surface area contributed by atoms with Crippen molar-refractivity contribution in [3.8, 4) is 0 Å². The largest absolute Gasteiger partial charge is 0.344 e. The molecule has 19 heavy (non-hydrogen) atoms. The molecule has 0 saturated carbocycles. The lowest BCUT2D eigenvalue weighted by Gasteiger charge is -2.00. The Bertz CT molecular complexity index is 575. The van der Waals surface area contributed by atoms with Crippen LogP contribution in [0.2, 0.25) is 0 Å². The van der Waals surface area contributed by atoms with Crippen molar-refractivity contribution in [3.63, 3.8) is 0 Å². The Kier molecular flexibility index (Phi) is 5.31. The monoisotopic (exact) mass is 324 g/mol. The Hall–Kier alpha value is -1.60. The van der Waals surface area contributed by atoms with E-state index in [-0.39, 0.29) is 6.15 Å². The first-order chi connectivity index (χ1) is 8.56. The Labute approximate surface area is 120 Å². The Morgan fingerprint density at radius 2 is 2.11 bits per heavy atom. The predicted octanol–water partition coefficient (Wildman–Crippen LogP) is 2.99. The minimum atomic E-state index is 0. The van der Waals surface area contributed by atoms with E-state index in [1.165, 1.54) is 4.79 Å². The first-order valence-corrected chi connectivity index (χ1v) is 6.44. The van der Waals surface area contributed by atoms with Crippen LogP contribution >= 0.6 is 15.9 Å².